The summed E-state index contributed by atoms with van der Waals surface area (Å²) >= 11 is 0. The average Bonchev–Trinajstić information content (AvgIpc) is 3.57. The zero-order valence-corrected chi connectivity index (χ0v) is 23.3. The summed E-state index contributed by atoms with van der Waals surface area (Å²) < 4.78 is 13.8. The van der Waals surface area contributed by atoms with Gasteiger partial charge < -0.3 is 44.7 Å². The molecule has 5 heterocycles. The number of amides is 4. The zero-order chi connectivity index (χ0) is 28.6. The van der Waals surface area contributed by atoms with E-state index in [0.29, 0.717) is 39.2 Å². The maximum absolute atomic E-state index is 13.9. The van der Waals surface area contributed by atoms with Gasteiger partial charge in [-0.15, -0.1) is 0 Å². The Labute approximate surface area is 233 Å². The summed E-state index contributed by atoms with van der Waals surface area (Å²) in [4.78, 5) is 49.8. The fourth-order valence-electron chi connectivity index (χ4n) is 6.07. The van der Waals surface area contributed by atoms with Crippen molar-refractivity contribution in [2.24, 2.45) is 7.05 Å². The van der Waals surface area contributed by atoms with E-state index in [4.69, 9.17) is 9.47 Å². The quantitative estimate of drug-likeness (QED) is 0.327. The highest BCUT2D eigenvalue weighted by atomic mass is 16.5. The highest BCUT2D eigenvalue weighted by Gasteiger charge is 2.46. The van der Waals surface area contributed by atoms with Crippen LogP contribution < -0.4 is 10.6 Å². The first-order valence-corrected chi connectivity index (χ1v) is 14.1. The molecule has 4 aliphatic rings. The number of aryl methyl sites for hydroxylation is 1. The second-order valence-corrected chi connectivity index (χ2v) is 11.6. The number of nitrogens with one attached hydrogen (secondary N) is 2. The lowest BCUT2D eigenvalue weighted by Crippen LogP contribution is -2.56. The van der Waals surface area contributed by atoms with Crippen molar-refractivity contribution < 1.29 is 34.1 Å². The second-order valence-electron chi connectivity index (χ2n) is 11.6. The van der Waals surface area contributed by atoms with Crippen LogP contribution in [0.1, 0.15) is 32.5 Å². The summed E-state index contributed by atoms with van der Waals surface area (Å²) in [5.41, 5.74) is 0. The minimum atomic E-state index is -1.28. The molecule has 0 spiro atoms. The van der Waals surface area contributed by atoms with E-state index in [1.54, 1.807) is 11.1 Å². The molecule has 6 bridgehead atoms. The third kappa shape index (κ3) is 6.25. The first kappa shape index (κ1) is 28.7. The van der Waals surface area contributed by atoms with Crippen LogP contribution in [0.3, 0.4) is 0 Å². The van der Waals surface area contributed by atoms with Gasteiger partial charge in [0.1, 0.15) is 24.1 Å². The summed E-state index contributed by atoms with van der Waals surface area (Å²) in [7, 11) is 1.90. The van der Waals surface area contributed by atoms with Crippen LogP contribution in [0.15, 0.2) is 12.4 Å². The lowest BCUT2D eigenvalue weighted by Gasteiger charge is -2.38. The van der Waals surface area contributed by atoms with E-state index in [-0.39, 0.29) is 49.4 Å². The zero-order valence-electron chi connectivity index (χ0n) is 23.3. The van der Waals surface area contributed by atoms with Crippen LogP contribution in [-0.4, -0.2) is 140 Å². The van der Waals surface area contributed by atoms with E-state index in [9.17, 15) is 24.6 Å². The largest absolute Gasteiger partial charge is 0.388 e. The van der Waals surface area contributed by atoms with Gasteiger partial charge in [-0.2, -0.15) is 0 Å². The lowest BCUT2D eigenvalue weighted by molar-refractivity contribution is -0.144. The number of imidazole rings is 1. The molecule has 0 saturated carbocycles. The fraction of sp³-hybridized carbons (Fsp3) is 0.769. The fourth-order valence-corrected chi connectivity index (χ4v) is 6.07. The SMILES string of the molecule is CC(C)NC(=O)N1C[C@@H]2CN(CCO2)C(=O)[C@@H]2C[C@@H](CN2Cc2nccn2C)NC(=O)C[C@@H]2O[C@H](C1)[C@@H](O)[C@H]2O. The number of carbonyl (C=O) groups is 3. The number of rotatable bonds is 3. The number of aliphatic hydroxyl groups is 2. The minimum absolute atomic E-state index is 0.00853. The molecule has 4 aliphatic heterocycles. The molecule has 14 nitrogen and oxygen atoms in total. The number of hydrogen-bond acceptors (Lipinski definition) is 9. The van der Waals surface area contributed by atoms with Gasteiger partial charge in [0, 0.05) is 51.2 Å². The summed E-state index contributed by atoms with van der Waals surface area (Å²) in [6.45, 7) is 5.81. The highest BCUT2D eigenvalue weighted by Crippen LogP contribution is 2.27. The number of ether oxygens (including phenoxy) is 2. The monoisotopic (exact) mass is 563 g/mol. The molecule has 222 valence electrons. The number of aromatic nitrogens is 2. The minimum Gasteiger partial charge on any atom is -0.388 e. The number of hydrogen-bond donors (Lipinski definition) is 4. The average molecular weight is 564 g/mol. The number of urea groups is 1. The van der Waals surface area contributed by atoms with Gasteiger partial charge in [-0.25, -0.2) is 9.78 Å². The Morgan fingerprint density at radius 2 is 1.95 bits per heavy atom. The highest BCUT2D eigenvalue weighted by molar-refractivity contribution is 5.83. The van der Waals surface area contributed by atoms with Crippen molar-refractivity contribution in [1.82, 2.24) is 34.9 Å². The molecule has 5 rings (SSSR count). The number of nitrogens with zero attached hydrogens (tertiary/aromatic N) is 5. The molecule has 4 fully saturated rings. The molecule has 0 aromatic carbocycles. The van der Waals surface area contributed by atoms with E-state index in [1.807, 2.05) is 36.6 Å². The maximum Gasteiger partial charge on any atom is 0.317 e. The number of morpholine rings is 1. The molecule has 0 radical (unpaired) electrons. The first-order valence-electron chi connectivity index (χ1n) is 14.1. The van der Waals surface area contributed by atoms with E-state index in [2.05, 4.69) is 15.6 Å². The van der Waals surface area contributed by atoms with Gasteiger partial charge in [-0.3, -0.25) is 14.5 Å². The Morgan fingerprint density at radius 1 is 1.18 bits per heavy atom. The molecular weight excluding hydrogens is 522 g/mol. The van der Waals surface area contributed by atoms with E-state index in [0.717, 1.165) is 5.82 Å². The van der Waals surface area contributed by atoms with Gasteiger partial charge in [0.2, 0.25) is 11.8 Å². The predicted octanol–water partition coefficient (Wildman–Crippen LogP) is -1.98. The van der Waals surface area contributed by atoms with Crippen molar-refractivity contribution in [2.45, 2.75) is 81.9 Å². The molecule has 4 N–H and O–H groups in total. The van der Waals surface area contributed by atoms with Crippen LogP contribution in [-0.2, 0) is 32.7 Å². The van der Waals surface area contributed by atoms with Crippen molar-refractivity contribution in [3.05, 3.63) is 18.2 Å². The number of carbonyl (C=O) groups excluding carboxylic acids is 3. The van der Waals surface area contributed by atoms with Gasteiger partial charge in [0.05, 0.1) is 50.9 Å². The van der Waals surface area contributed by atoms with Gasteiger partial charge in [0.25, 0.3) is 0 Å². The molecule has 0 aliphatic carbocycles. The Morgan fingerprint density at radius 3 is 2.67 bits per heavy atom. The number of fused-ring (bicyclic) bond motifs is 6. The van der Waals surface area contributed by atoms with Crippen LogP contribution in [0.5, 0.6) is 0 Å². The molecule has 4 saturated heterocycles. The summed E-state index contributed by atoms with van der Waals surface area (Å²) in [6, 6.07) is -1.24. The molecule has 14 heteroatoms. The number of likely N-dealkylation sites (tertiary alicyclic amines) is 1. The van der Waals surface area contributed by atoms with Crippen LogP contribution in [0.2, 0.25) is 0 Å². The second kappa shape index (κ2) is 12.0. The van der Waals surface area contributed by atoms with Crippen molar-refractivity contribution >= 4 is 17.8 Å². The predicted molar refractivity (Wildman–Crippen MR) is 141 cm³/mol. The summed E-state index contributed by atoms with van der Waals surface area (Å²) in [6.07, 6.45) is -0.952. The number of aliphatic hydroxyl groups excluding tert-OH is 2. The van der Waals surface area contributed by atoms with E-state index >= 15 is 0 Å². The molecule has 4 amide bonds. The standard InChI is InChI=1S/C26H41N7O7/c1-15(2)28-26(38)33-12-17-11-31(6-7-39-17)25(37)18-8-16(10-32(18)14-21-27-4-5-30(21)3)29-22(34)9-19-23(35)24(36)20(13-33)40-19/h4-5,15-20,23-24,35-36H,6-14H2,1-3H3,(H,28,38)(H,29,34)/t16-,17-,18-,19-,20+,23-,24+/m0/s1. The molecule has 1 aromatic heterocycles. The Bertz CT molecular complexity index is 1080. The lowest BCUT2D eigenvalue weighted by atomic mass is 10.0. The molecule has 0 unspecified atom stereocenters. The normalized spacial score (nSPS) is 33.9. The van der Waals surface area contributed by atoms with Gasteiger partial charge in [0.15, 0.2) is 0 Å². The third-order valence-electron chi connectivity index (χ3n) is 8.14. The first-order chi connectivity index (χ1) is 19.1. The van der Waals surface area contributed by atoms with Crippen LogP contribution >= 0.6 is 0 Å². The Hall–Kier alpha value is -2.78. The Balaban J connectivity index is 1.41. The van der Waals surface area contributed by atoms with Crippen LogP contribution in [0.25, 0.3) is 0 Å². The van der Waals surface area contributed by atoms with Gasteiger partial charge >= 0.3 is 6.03 Å². The maximum atomic E-state index is 13.9. The van der Waals surface area contributed by atoms with Crippen molar-refractivity contribution in [2.75, 3.05) is 39.3 Å². The molecule has 40 heavy (non-hydrogen) atoms. The van der Waals surface area contributed by atoms with Crippen molar-refractivity contribution in [1.29, 1.82) is 0 Å². The van der Waals surface area contributed by atoms with E-state index < -0.39 is 36.6 Å². The van der Waals surface area contributed by atoms with E-state index in [1.165, 1.54) is 4.90 Å². The molecule has 7 atom stereocenters. The Kier molecular flexibility index (Phi) is 8.61. The van der Waals surface area contributed by atoms with Crippen LogP contribution in [0.4, 0.5) is 4.79 Å². The smallest absolute Gasteiger partial charge is 0.317 e. The van der Waals surface area contributed by atoms with Crippen molar-refractivity contribution in [3.63, 3.8) is 0 Å². The summed E-state index contributed by atoms with van der Waals surface area (Å²) in [5.74, 6) is 0.434. The van der Waals surface area contributed by atoms with Gasteiger partial charge in [-0.1, -0.05) is 0 Å². The third-order valence-corrected chi connectivity index (χ3v) is 8.14. The topological polar surface area (TPSA) is 162 Å². The van der Waals surface area contributed by atoms with Crippen molar-refractivity contribution in [3.8, 4) is 0 Å². The van der Waals surface area contributed by atoms with Crippen LogP contribution in [0, 0.1) is 0 Å². The summed E-state index contributed by atoms with van der Waals surface area (Å²) in [5, 5.41) is 27.3. The molecular formula is C26H41N7O7. The molecule has 1 aromatic rings. The van der Waals surface area contributed by atoms with Gasteiger partial charge in [-0.05, 0) is 20.3 Å².